The summed E-state index contributed by atoms with van der Waals surface area (Å²) in [5.41, 5.74) is 11.4. The summed E-state index contributed by atoms with van der Waals surface area (Å²) in [6.45, 7) is 3.98. The summed E-state index contributed by atoms with van der Waals surface area (Å²) in [6, 6.07) is 14.4. The first-order valence-electron chi connectivity index (χ1n) is 10.2. The molecular weight excluding hydrogens is 353 g/mol. The van der Waals surface area contributed by atoms with Crippen molar-refractivity contribution in [1.29, 1.82) is 0 Å². The summed E-state index contributed by atoms with van der Waals surface area (Å²) in [5.74, 6) is -0.0754. The van der Waals surface area contributed by atoms with Gasteiger partial charge in [0, 0.05) is 49.9 Å². The monoisotopic (exact) mass is 381 g/mol. The normalized spacial score (nSPS) is 20.0. The van der Waals surface area contributed by atoms with E-state index in [9.17, 15) is 9.18 Å². The molecule has 1 unspecified atom stereocenters. The van der Waals surface area contributed by atoms with Crippen LogP contribution in [0.2, 0.25) is 0 Å². The minimum absolute atomic E-state index is 0.271. The second-order valence-electron chi connectivity index (χ2n) is 7.80. The van der Waals surface area contributed by atoms with Crippen molar-refractivity contribution < 1.29 is 9.18 Å². The molecule has 1 amide bonds. The van der Waals surface area contributed by atoms with E-state index in [1.807, 2.05) is 12.1 Å². The highest BCUT2D eigenvalue weighted by atomic mass is 19.1. The third-order valence-corrected chi connectivity index (χ3v) is 6.17. The number of primary amides is 1. The van der Waals surface area contributed by atoms with Crippen LogP contribution >= 0.6 is 0 Å². The summed E-state index contributed by atoms with van der Waals surface area (Å²) < 4.78 is 12.6. The highest BCUT2D eigenvalue weighted by Gasteiger charge is 2.27. The van der Waals surface area contributed by atoms with Gasteiger partial charge in [-0.1, -0.05) is 24.3 Å². The molecule has 1 saturated heterocycles. The number of alkyl halides is 1. The summed E-state index contributed by atoms with van der Waals surface area (Å²) in [5, 5.41) is 0. The van der Waals surface area contributed by atoms with Crippen LogP contribution in [0.4, 0.5) is 10.1 Å². The van der Waals surface area contributed by atoms with Crippen molar-refractivity contribution in [2.75, 3.05) is 44.3 Å². The van der Waals surface area contributed by atoms with Gasteiger partial charge >= 0.3 is 0 Å². The summed E-state index contributed by atoms with van der Waals surface area (Å²) in [6.07, 6.45) is 3.31. The molecule has 148 valence electrons. The number of fused-ring (bicyclic) bond motifs is 1. The highest BCUT2D eigenvalue weighted by Crippen LogP contribution is 2.40. The van der Waals surface area contributed by atoms with E-state index in [1.54, 1.807) is 6.07 Å². The minimum Gasteiger partial charge on any atom is -0.369 e. The Kier molecular flexibility index (Phi) is 5.62. The number of carbonyl (C=O) groups is 1. The Morgan fingerprint density at radius 1 is 1.11 bits per heavy atom. The predicted octanol–water partition coefficient (Wildman–Crippen LogP) is 3.35. The molecule has 2 aliphatic rings. The largest absolute Gasteiger partial charge is 0.369 e. The zero-order chi connectivity index (χ0) is 19.5. The van der Waals surface area contributed by atoms with Gasteiger partial charge < -0.3 is 10.6 Å². The maximum absolute atomic E-state index is 12.6. The number of rotatable bonds is 5. The molecule has 1 atom stereocenters. The molecule has 1 fully saturated rings. The van der Waals surface area contributed by atoms with Crippen molar-refractivity contribution in [3.05, 3.63) is 64.7 Å². The number of carbonyl (C=O) groups excluding carboxylic acids is 1. The first-order valence-corrected chi connectivity index (χ1v) is 10.2. The topological polar surface area (TPSA) is 49.6 Å². The molecule has 28 heavy (non-hydrogen) atoms. The number of hydrogen-bond acceptors (Lipinski definition) is 3. The van der Waals surface area contributed by atoms with Crippen molar-refractivity contribution >= 4 is 11.6 Å². The van der Waals surface area contributed by atoms with Gasteiger partial charge in [-0.2, -0.15) is 0 Å². The first kappa shape index (κ1) is 18.9. The standard InChI is InChI=1S/C23H28FN3O/c24-10-11-26-12-14-27(15-13-26)22-9-3-7-20-19(6-2-8-21(20)22)17-4-1-5-18(16-17)23(25)28/h1,3-5,7,9,16,19H,2,6,8,10-15H2,(H2,25,28). The number of benzene rings is 2. The lowest BCUT2D eigenvalue weighted by Crippen LogP contribution is -2.47. The van der Waals surface area contributed by atoms with E-state index in [0.717, 1.165) is 45.4 Å². The molecular formula is C23H28FN3O. The molecule has 0 spiro atoms. The third kappa shape index (κ3) is 3.76. The van der Waals surface area contributed by atoms with Crippen LogP contribution in [0.3, 0.4) is 0 Å². The maximum Gasteiger partial charge on any atom is 0.248 e. The quantitative estimate of drug-likeness (QED) is 0.864. The molecule has 0 saturated carbocycles. The van der Waals surface area contributed by atoms with E-state index in [2.05, 4.69) is 34.1 Å². The average molecular weight is 381 g/mol. The number of amides is 1. The van der Waals surface area contributed by atoms with Crippen LogP contribution in [0, 0.1) is 0 Å². The minimum atomic E-state index is -0.377. The van der Waals surface area contributed by atoms with Crippen LogP contribution in [0.15, 0.2) is 42.5 Å². The highest BCUT2D eigenvalue weighted by molar-refractivity contribution is 5.93. The lowest BCUT2D eigenvalue weighted by Gasteiger charge is -2.38. The summed E-state index contributed by atoms with van der Waals surface area (Å²) in [4.78, 5) is 16.3. The smallest absolute Gasteiger partial charge is 0.248 e. The van der Waals surface area contributed by atoms with Gasteiger partial charge in [-0.15, -0.1) is 0 Å². The van der Waals surface area contributed by atoms with Gasteiger partial charge in [0.1, 0.15) is 6.67 Å². The van der Waals surface area contributed by atoms with Crippen LogP contribution < -0.4 is 10.6 Å². The molecule has 1 aliphatic carbocycles. The SMILES string of the molecule is NC(=O)c1cccc(C2CCCc3c2cccc3N2CCN(CCF)CC2)c1. The molecule has 1 heterocycles. The van der Waals surface area contributed by atoms with Gasteiger partial charge in [0.25, 0.3) is 0 Å². The lowest BCUT2D eigenvalue weighted by atomic mass is 9.78. The van der Waals surface area contributed by atoms with E-state index in [4.69, 9.17) is 5.73 Å². The number of halogens is 1. The second-order valence-corrected chi connectivity index (χ2v) is 7.80. The molecule has 0 aromatic heterocycles. The molecule has 5 heteroatoms. The number of nitrogens with two attached hydrogens (primary N) is 1. The number of piperazine rings is 1. The Hall–Kier alpha value is -2.40. The fraction of sp³-hybridized carbons (Fsp3) is 0.435. The second kappa shape index (κ2) is 8.31. The number of nitrogens with zero attached hydrogens (tertiary/aromatic N) is 2. The molecule has 2 aromatic rings. The fourth-order valence-electron chi connectivity index (χ4n) is 4.71. The Morgan fingerprint density at radius 2 is 1.89 bits per heavy atom. The van der Waals surface area contributed by atoms with E-state index in [-0.39, 0.29) is 12.6 Å². The molecule has 0 bridgehead atoms. The summed E-state index contributed by atoms with van der Waals surface area (Å²) in [7, 11) is 0. The van der Waals surface area contributed by atoms with Gasteiger partial charge in [-0.25, -0.2) is 4.39 Å². The predicted molar refractivity (Wildman–Crippen MR) is 111 cm³/mol. The fourth-order valence-corrected chi connectivity index (χ4v) is 4.71. The van der Waals surface area contributed by atoms with Crippen LogP contribution in [-0.2, 0) is 6.42 Å². The van der Waals surface area contributed by atoms with Crippen LogP contribution in [-0.4, -0.2) is 50.2 Å². The van der Waals surface area contributed by atoms with Crippen molar-refractivity contribution in [3.63, 3.8) is 0 Å². The Bertz CT molecular complexity index is 845. The third-order valence-electron chi connectivity index (χ3n) is 6.17. The van der Waals surface area contributed by atoms with E-state index in [1.165, 1.54) is 22.4 Å². The van der Waals surface area contributed by atoms with E-state index >= 15 is 0 Å². The molecule has 4 nitrogen and oxygen atoms in total. The molecule has 2 N–H and O–H groups in total. The zero-order valence-electron chi connectivity index (χ0n) is 16.2. The zero-order valence-corrected chi connectivity index (χ0v) is 16.2. The molecule has 0 radical (unpaired) electrons. The average Bonchev–Trinajstić information content (AvgIpc) is 2.74. The Morgan fingerprint density at radius 3 is 2.64 bits per heavy atom. The molecule has 1 aliphatic heterocycles. The van der Waals surface area contributed by atoms with E-state index in [0.29, 0.717) is 18.0 Å². The van der Waals surface area contributed by atoms with Crippen molar-refractivity contribution in [2.24, 2.45) is 5.73 Å². The van der Waals surface area contributed by atoms with Gasteiger partial charge in [0.2, 0.25) is 5.91 Å². The van der Waals surface area contributed by atoms with Gasteiger partial charge in [0.05, 0.1) is 0 Å². The van der Waals surface area contributed by atoms with E-state index < -0.39 is 0 Å². The number of hydrogen-bond donors (Lipinski definition) is 1. The van der Waals surface area contributed by atoms with Crippen LogP contribution in [0.25, 0.3) is 0 Å². The van der Waals surface area contributed by atoms with Crippen LogP contribution in [0.1, 0.15) is 45.8 Å². The number of anilines is 1. The van der Waals surface area contributed by atoms with Gasteiger partial charge in [0.15, 0.2) is 0 Å². The van der Waals surface area contributed by atoms with Crippen molar-refractivity contribution in [1.82, 2.24) is 4.90 Å². The Labute approximate surface area is 166 Å². The van der Waals surface area contributed by atoms with Gasteiger partial charge in [-0.05, 0) is 54.2 Å². The lowest BCUT2D eigenvalue weighted by molar-refractivity contribution is 0.1000. The van der Waals surface area contributed by atoms with Crippen molar-refractivity contribution in [3.8, 4) is 0 Å². The summed E-state index contributed by atoms with van der Waals surface area (Å²) >= 11 is 0. The van der Waals surface area contributed by atoms with Crippen LogP contribution in [0.5, 0.6) is 0 Å². The van der Waals surface area contributed by atoms with Crippen molar-refractivity contribution in [2.45, 2.75) is 25.2 Å². The molecule has 2 aromatic carbocycles. The Balaban J connectivity index is 1.62. The van der Waals surface area contributed by atoms with Gasteiger partial charge in [-0.3, -0.25) is 9.69 Å². The molecule has 4 rings (SSSR count). The maximum atomic E-state index is 12.6. The first-order chi connectivity index (χ1) is 13.7.